The number of carbonyl (C=O) groups excluding carboxylic acids is 1. The van der Waals surface area contributed by atoms with Crippen LogP contribution in [-0.4, -0.2) is 5.78 Å². The number of ketones is 1. The minimum Gasteiger partial charge on any atom is -0.299 e. The van der Waals surface area contributed by atoms with Crippen molar-refractivity contribution in [2.75, 3.05) is 0 Å². The Morgan fingerprint density at radius 1 is 1.09 bits per heavy atom. The number of rotatable bonds is 0. The fourth-order valence-electron chi connectivity index (χ4n) is 6.11. The molecule has 0 radical (unpaired) electrons. The van der Waals surface area contributed by atoms with Gasteiger partial charge in [-0.05, 0) is 35.0 Å². The second kappa shape index (κ2) is 0.826. The monoisotopic (exact) mass is 146 g/mol. The predicted octanol–water partition coefficient (Wildman–Crippen LogP) is 0.943. The van der Waals surface area contributed by atoms with Gasteiger partial charge < -0.3 is 0 Å². The normalized spacial score (nSPS) is 89.9. The molecule has 0 aromatic heterocycles. The predicted molar refractivity (Wildman–Crippen MR) is 37.5 cm³/mol. The van der Waals surface area contributed by atoms with Gasteiger partial charge in [0.2, 0.25) is 0 Å². The molecule has 2 bridgehead atoms. The van der Waals surface area contributed by atoms with E-state index in [1.54, 1.807) is 0 Å². The zero-order valence-corrected chi connectivity index (χ0v) is 6.45. The van der Waals surface area contributed by atoms with Crippen LogP contribution in [0, 0.1) is 46.8 Å². The molecule has 0 aliphatic heterocycles. The van der Waals surface area contributed by atoms with E-state index in [1.807, 2.05) is 0 Å². The van der Waals surface area contributed by atoms with E-state index < -0.39 is 0 Å². The first-order valence-electron chi connectivity index (χ1n) is 4.81. The van der Waals surface area contributed by atoms with Crippen molar-refractivity contribution in [3.63, 3.8) is 0 Å². The third-order valence-electron chi connectivity index (χ3n) is 6.07. The van der Waals surface area contributed by atoms with Crippen LogP contribution >= 0.6 is 0 Å². The Hall–Kier alpha value is -0.330. The Balaban J connectivity index is 1.90. The first kappa shape index (κ1) is 4.64. The molecule has 0 aromatic carbocycles. The van der Waals surface area contributed by atoms with Crippen LogP contribution in [0.4, 0.5) is 0 Å². The highest BCUT2D eigenvalue weighted by atomic mass is 16.1. The molecule has 11 heavy (non-hydrogen) atoms. The lowest BCUT2D eigenvalue weighted by Crippen LogP contribution is -2.87. The van der Waals surface area contributed by atoms with Crippen molar-refractivity contribution >= 4 is 5.78 Å². The summed E-state index contributed by atoms with van der Waals surface area (Å²) in [6.45, 7) is 2.44. The molecule has 0 heterocycles. The SMILES string of the molecule is CC12C3C4C(=O)C5C3C1C5C42. The molecule has 0 spiro atoms. The standard InChI is InChI=1S/C10H10O/c1-10-6-3-2-4(6)8(10)5(7(3)10)9(2)11/h2-8H,1H3. The van der Waals surface area contributed by atoms with Crippen molar-refractivity contribution in [3.8, 4) is 0 Å². The molecule has 6 rings (SSSR count). The summed E-state index contributed by atoms with van der Waals surface area (Å²) in [4.78, 5) is 11.6. The highest BCUT2D eigenvalue weighted by Gasteiger charge is 2.98. The Kier molecular flexibility index (Phi) is 0.348. The summed E-state index contributed by atoms with van der Waals surface area (Å²) < 4.78 is 0. The van der Waals surface area contributed by atoms with Crippen molar-refractivity contribution in [3.05, 3.63) is 0 Å². The van der Waals surface area contributed by atoms with Gasteiger partial charge in [0.25, 0.3) is 0 Å². The quantitative estimate of drug-likeness (QED) is 0.497. The van der Waals surface area contributed by atoms with Crippen molar-refractivity contribution in [2.45, 2.75) is 6.92 Å². The summed E-state index contributed by atoms with van der Waals surface area (Å²) in [5.74, 6) is 6.50. The summed E-state index contributed by atoms with van der Waals surface area (Å²) in [5, 5.41) is 0. The van der Waals surface area contributed by atoms with Gasteiger partial charge in [-0.25, -0.2) is 0 Å². The molecule has 6 saturated carbocycles. The highest BCUT2D eigenvalue weighted by Crippen LogP contribution is 2.98. The van der Waals surface area contributed by atoms with Crippen molar-refractivity contribution in [2.24, 2.45) is 46.8 Å². The van der Waals surface area contributed by atoms with E-state index in [0.717, 1.165) is 29.6 Å². The van der Waals surface area contributed by atoms with Crippen LogP contribution in [0.5, 0.6) is 0 Å². The molecule has 0 amide bonds. The first-order valence-corrected chi connectivity index (χ1v) is 4.81. The molecule has 1 nitrogen and oxygen atoms in total. The van der Waals surface area contributed by atoms with E-state index in [2.05, 4.69) is 6.92 Å². The van der Waals surface area contributed by atoms with Crippen LogP contribution in [0.3, 0.4) is 0 Å². The van der Waals surface area contributed by atoms with Crippen LogP contribution in [-0.2, 0) is 4.79 Å². The topological polar surface area (TPSA) is 17.1 Å². The van der Waals surface area contributed by atoms with Crippen molar-refractivity contribution in [1.29, 1.82) is 0 Å². The molecule has 6 fully saturated rings. The van der Waals surface area contributed by atoms with E-state index in [4.69, 9.17) is 0 Å². The maximum absolute atomic E-state index is 11.6. The zero-order valence-electron chi connectivity index (χ0n) is 6.45. The minimum atomic E-state index is 0.588. The molecule has 0 N–H and O–H groups in total. The molecular weight excluding hydrogens is 136 g/mol. The molecule has 1 heteroatoms. The van der Waals surface area contributed by atoms with Gasteiger partial charge in [0.1, 0.15) is 5.78 Å². The molecule has 6 aliphatic rings. The van der Waals surface area contributed by atoms with E-state index in [-0.39, 0.29) is 0 Å². The van der Waals surface area contributed by atoms with E-state index in [9.17, 15) is 4.79 Å². The van der Waals surface area contributed by atoms with Crippen LogP contribution < -0.4 is 0 Å². The highest BCUT2D eigenvalue weighted by molar-refractivity contribution is 5.96. The number of Topliss-reactive ketones (excluding diaryl/α,β-unsaturated/α-hetero) is 1. The van der Waals surface area contributed by atoms with Crippen LogP contribution in [0.15, 0.2) is 0 Å². The third kappa shape index (κ3) is 0.171. The van der Waals surface area contributed by atoms with E-state index in [0.29, 0.717) is 23.0 Å². The molecule has 56 valence electrons. The van der Waals surface area contributed by atoms with E-state index >= 15 is 0 Å². The molecule has 0 saturated heterocycles. The molecule has 4 atom stereocenters. The van der Waals surface area contributed by atoms with Crippen molar-refractivity contribution in [1.82, 2.24) is 0 Å². The van der Waals surface area contributed by atoms with Crippen LogP contribution in [0.2, 0.25) is 0 Å². The fourth-order valence-corrected chi connectivity index (χ4v) is 6.11. The van der Waals surface area contributed by atoms with Crippen LogP contribution in [0.25, 0.3) is 0 Å². The second-order valence-corrected chi connectivity index (χ2v) is 5.55. The Labute approximate surface area is 65.2 Å². The molecule has 4 unspecified atom stereocenters. The third-order valence-corrected chi connectivity index (χ3v) is 6.07. The Morgan fingerprint density at radius 2 is 1.73 bits per heavy atom. The van der Waals surface area contributed by atoms with Gasteiger partial charge in [0.15, 0.2) is 0 Å². The first-order chi connectivity index (χ1) is 5.28. The fraction of sp³-hybridized carbons (Fsp3) is 0.900. The summed E-state index contributed by atoms with van der Waals surface area (Å²) in [5.41, 5.74) is 0.711. The smallest absolute Gasteiger partial charge is 0.140 e. The summed E-state index contributed by atoms with van der Waals surface area (Å²) in [6, 6.07) is 0. The summed E-state index contributed by atoms with van der Waals surface area (Å²) in [7, 11) is 0. The number of hydrogen-bond donors (Lipinski definition) is 0. The van der Waals surface area contributed by atoms with E-state index in [1.165, 1.54) is 0 Å². The van der Waals surface area contributed by atoms with Gasteiger partial charge in [-0.1, -0.05) is 6.92 Å². The van der Waals surface area contributed by atoms with Gasteiger partial charge in [0, 0.05) is 11.8 Å². The van der Waals surface area contributed by atoms with Gasteiger partial charge in [-0.3, -0.25) is 4.79 Å². The maximum Gasteiger partial charge on any atom is 0.140 e. The second-order valence-electron chi connectivity index (χ2n) is 5.55. The number of hydrogen-bond acceptors (Lipinski definition) is 1. The van der Waals surface area contributed by atoms with Gasteiger partial charge in [0.05, 0.1) is 0 Å². The summed E-state index contributed by atoms with van der Waals surface area (Å²) in [6.07, 6.45) is 0. The largest absolute Gasteiger partial charge is 0.299 e. The van der Waals surface area contributed by atoms with Gasteiger partial charge >= 0.3 is 0 Å². The lowest BCUT2D eigenvalue weighted by Gasteiger charge is -2.89. The molecule has 6 aliphatic carbocycles. The summed E-state index contributed by atoms with van der Waals surface area (Å²) >= 11 is 0. The Bertz CT molecular complexity index is 312. The average molecular weight is 146 g/mol. The Morgan fingerprint density at radius 3 is 2.18 bits per heavy atom. The maximum atomic E-state index is 11.6. The van der Waals surface area contributed by atoms with Crippen molar-refractivity contribution < 1.29 is 4.79 Å². The zero-order chi connectivity index (χ0) is 7.12. The number of carbonyl (C=O) groups is 1. The lowest BCUT2D eigenvalue weighted by molar-refractivity contribution is -0.440. The average Bonchev–Trinajstić information content (AvgIpc) is 2.16. The lowest BCUT2D eigenvalue weighted by atomic mass is 9.14. The molecule has 0 aromatic rings. The van der Waals surface area contributed by atoms with Crippen LogP contribution in [0.1, 0.15) is 6.92 Å². The molecular formula is C10H10O. The minimum absolute atomic E-state index is 0.588. The van der Waals surface area contributed by atoms with Gasteiger partial charge in [-0.15, -0.1) is 0 Å². The van der Waals surface area contributed by atoms with Gasteiger partial charge in [-0.2, -0.15) is 0 Å².